The van der Waals surface area contributed by atoms with Crippen molar-refractivity contribution in [2.45, 2.75) is 19.9 Å². The maximum Gasteiger partial charge on any atom is 0.259 e. The predicted molar refractivity (Wildman–Crippen MR) is 93.0 cm³/mol. The molecule has 1 amide bonds. The van der Waals surface area contributed by atoms with Gasteiger partial charge in [-0.3, -0.25) is 9.20 Å². The molecule has 1 aromatic carbocycles. The molecule has 26 heavy (non-hydrogen) atoms. The van der Waals surface area contributed by atoms with Gasteiger partial charge in [0.1, 0.15) is 5.82 Å². The summed E-state index contributed by atoms with van der Waals surface area (Å²) in [6, 6.07) is 13.4. The summed E-state index contributed by atoms with van der Waals surface area (Å²) >= 11 is 0. The molecule has 0 atom stereocenters. The van der Waals surface area contributed by atoms with Gasteiger partial charge in [-0.2, -0.15) is 4.98 Å². The van der Waals surface area contributed by atoms with E-state index in [0.717, 1.165) is 11.1 Å². The van der Waals surface area contributed by atoms with Gasteiger partial charge in [0.15, 0.2) is 11.5 Å². The summed E-state index contributed by atoms with van der Waals surface area (Å²) in [7, 11) is 0. The quantitative estimate of drug-likeness (QED) is 0.592. The van der Waals surface area contributed by atoms with Crippen LogP contribution in [0.15, 0.2) is 53.2 Å². The highest BCUT2D eigenvalue weighted by molar-refractivity contribution is 5.78. The van der Waals surface area contributed by atoms with E-state index in [1.165, 1.54) is 0 Å². The van der Waals surface area contributed by atoms with Crippen LogP contribution in [0.4, 0.5) is 0 Å². The molecule has 3 aromatic heterocycles. The topological polar surface area (TPSA) is 98.2 Å². The molecule has 0 saturated heterocycles. The summed E-state index contributed by atoms with van der Waals surface area (Å²) in [5.74, 6) is 1.40. The standard InChI is InChI=1S/C18H16N6O2/c1-12-20-18(26-23-12)14-7-8-15-21-22-16(24(15)11-14)9-17(25)19-10-13-5-3-2-4-6-13/h2-8,11H,9-10H2,1H3,(H,19,25). The van der Waals surface area contributed by atoms with Crippen molar-refractivity contribution in [3.63, 3.8) is 0 Å². The Hall–Kier alpha value is -3.55. The zero-order valence-electron chi connectivity index (χ0n) is 14.1. The van der Waals surface area contributed by atoms with Gasteiger partial charge in [0.05, 0.1) is 12.0 Å². The monoisotopic (exact) mass is 348 g/mol. The van der Waals surface area contributed by atoms with Crippen molar-refractivity contribution in [3.8, 4) is 11.5 Å². The number of amides is 1. The number of hydrogen-bond donors (Lipinski definition) is 1. The van der Waals surface area contributed by atoms with Crippen molar-refractivity contribution >= 4 is 11.6 Å². The Morgan fingerprint density at radius 1 is 1.15 bits per heavy atom. The molecule has 0 spiro atoms. The first-order valence-corrected chi connectivity index (χ1v) is 8.14. The molecule has 4 rings (SSSR count). The molecule has 0 aliphatic heterocycles. The summed E-state index contributed by atoms with van der Waals surface area (Å²) in [6.45, 7) is 2.23. The number of carbonyl (C=O) groups is 1. The van der Waals surface area contributed by atoms with Crippen LogP contribution in [0.5, 0.6) is 0 Å². The number of carbonyl (C=O) groups excluding carboxylic acids is 1. The maximum absolute atomic E-state index is 12.3. The number of fused-ring (bicyclic) bond motifs is 1. The highest BCUT2D eigenvalue weighted by Gasteiger charge is 2.13. The summed E-state index contributed by atoms with van der Waals surface area (Å²) in [6.07, 6.45) is 1.92. The summed E-state index contributed by atoms with van der Waals surface area (Å²) in [5, 5.41) is 14.9. The van der Waals surface area contributed by atoms with Gasteiger partial charge >= 0.3 is 0 Å². The Balaban J connectivity index is 1.51. The molecule has 4 aromatic rings. The fourth-order valence-corrected chi connectivity index (χ4v) is 2.60. The Labute approximate surface area is 148 Å². The van der Waals surface area contributed by atoms with Crippen molar-refractivity contribution in [1.29, 1.82) is 0 Å². The number of aromatic nitrogens is 5. The van der Waals surface area contributed by atoms with Crippen molar-refractivity contribution in [2.75, 3.05) is 0 Å². The summed E-state index contributed by atoms with van der Waals surface area (Å²) in [4.78, 5) is 16.5. The van der Waals surface area contributed by atoms with E-state index in [-0.39, 0.29) is 12.3 Å². The minimum atomic E-state index is -0.123. The number of pyridine rings is 1. The highest BCUT2D eigenvalue weighted by atomic mass is 16.5. The van der Waals surface area contributed by atoms with Gasteiger partial charge in [0, 0.05) is 12.7 Å². The zero-order chi connectivity index (χ0) is 17.9. The molecule has 0 aliphatic carbocycles. The van der Waals surface area contributed by atoms with Crippen LogP contribution >= 0.6 is 0 Å². The molecule has 1 N–H and O–H groups in total. The Morgan fingerprint density at radius 2 is 2.00 bits per heavy atom. The third-order valence-corrected chi connectivity index (χ3v) is 3.90. The molecule has 0 unspecified atom stereocenters. The van der Waals surface area contributed by atoms with E-state index in [0.29, 0.717) is 29.7 Å². The van der Waals surface area contributed by atoms with Crippen LogP contribution in [0.3, 0.4) is 0 Å². The molecule has 130 valence electrons. The van der Waals surface area contributed by atoms with Crippen LogP contribution in [0.1, 0.15) is 17.2 Å². The molecule has 0 radical (unpaired) electrons. The van der Waals surface area contributed by atoms with Crippen molar-refractivity contribution < 1.29 is 9.32 Å². The van der Waals surface area contributed by atoms with Crippen LogP contribution in [0.2, 0.25) is 0 Å². The lowest BCUT2D eigenvalue weighted by atomic mass is 10.2. The van der Waals surface area contributed by atoms with Crippen molar-refractivity contribution in [1.82, 2.24) is 30.1 Å². The fourth-order valence-electron chi connectivity index (χ4n) is 2.60. The minimum absolute atomic E-state index is 0.123. The van der Waals surface area contributed by atoms with E-state index >= 15 is 0 Å². The van der Waals surface area contributed by atoms with Gasteiger partial charge in [-0.25, -0.2) is 0 Å². The van der Waals surface area contributed by atoms with E-state index in [9.17, 15) is 4.79 Å². The second-order valence-electron chi connectivity index (χ2n) is 5.85. The van der Waals surface area contributed by atoms with Crippen molar-refractivity contribution in [2.24, 2.45) is 0 Å². The first-order chi connectivity index (χ1) is 12.7. The second-order valence-corrected chi connectivity index (χ2v) is 5.85. The van der Waals surface area contributed by atoms with E-state index in [4.69, 9.17) is 4.52 Å². The molecule has 3 heterocycles. The van der Waals surface area contributed by atoms with Gasteiger partial charge in [0.2, 0.25) is 5.91 Å². The normalized spacial score (nSPS) is 11.0. The molecular weight excluding hydrogens is 332 g/mol. The van der Waals surface area contributed by atoms with Gasteiger partial charge in [0.25, 0.3) is 5.89 Å². The third kappa shape index (κ3) is 3.30. The number of aryl methyl sites for hydroxylation is 1. The molecule has 0 fully saturated rings. The van der Waals surface area contributed by atoms with E-state index in [1.54, 1.807) is 23.6 Å². The number of nitrogens with one attached hydrogen (secondary N) is 1. The van der Waals surface area contributed by atoms with Gasteiger partial charge in [-0.05, 0) is 24.6 Å². The largest absolute Gasteiger partial charge is 0.352 e. The Kier molecular flexibility index (Phi) is 4.14. The SMILES string of the molecule is Cc1noc(-c2ccc3nnc(CC(=O)NCc4ccccc4)n3c2)n1. The molecular formula is C18H16N6O2. The average Bonchev–Trinajstić information content (AvgIpc) is 3.27. The van der Waals surface area contributed by atoms with Crippen LogP contribution in [-0.4, -0.2) is 30.6 Å². The number of hydrogen-bond acceptors (Lipinski definition) is 6. The van der Waals surface area contributed by atoms with Crippen molar-refractivity contribution in [3.05, 3.63) is 65.9 Å². The van der Waals surface area contributed by atoms with Gasteiger partial charge in [-0.15, -0.1) is 10.2 Å². The van der Waals surface area contributed by atoms with E-state index in [2.05, 4.69) is 25.7 Å². The minimum Gasteiger partial charge on any atom is -0.352 e. The van der Waals surface area contributed by atoms with E-state index in [1.807, 2.05) is 36.4 Å². The number of rotatable bonds is 5. The third-order valence-electron chi connectivity index (χ3n) is 3.90. The number of benzene rings is 1. The first-order valence-electron chi connectivity index (χ1n) is 8.14. The van der Waals surface area contributed by atoms with Crippen LogP contribution in [-0.2, 0) is 17.8 Å². The highest BCUT2D eigenvalue weighted by Crippen LogP contribution is 2.18. The Bertz CT molecular complexity index is 1050. The molecule has 8 nitrogen and oxygen atoms in total. The van der Waals surface area contributed by atoms with Crippen LogP contribution < -0.4 is 5.32 Å². The predicted octanol–water partition coefficient (Wildman–Crippen LogP) is 1.95. The lowest BCUT2D eigenvalue weighted by molar-refractivity contribution is -0.120. The second kappa shape index (κ2) is 6.75. The molecule has 0 saturated carbocycles. The Morgan fingerprint density at radius 3 is 2.77 bits per heavy atom. The lowest BCUT2D eigenvalue weighted by Crippen LogP contribution is -2.25. The van der Waals surface area contributed by atoms with Gasteiger partial charge < -0.3 is 9.84 Å². The molecule has 0 bridgehead atoms. The summed E-state index contributed by atoms with van der Waals surface area (Å²) < 4.78 is 6.95. The lowest BCUT2D eigenvalue weighted by Gasteiger charge is -2.05. The number of nitrogens with zero attached hydrogens (tertiary/aromatic N) is 5. The molecule has 8 heteroatoms. The fraction of sp³-hybridized carbons (Fsp3) is 0.167. The molecule has 0 aliphatic rings. The zero-order valence-corrected chi connectivity index (χ0v) is 14.1. The smallest absolute Gasteiger partial charge is 0.259 e. The average molecular weight is 348 g/mol. The maximum atomic E-state index is 12.3. The van der Waals surface area contributed by atoms with Crippen LogP contribution in [0, 0.1) is 6.92 Å². The van der Waals surface area contributed by atoms with Crippen LogP contribution in [0.25, 0.3) is 17.1 Å². The van der Waals surface area contributed by atoms with E-state index < -0.39 is 0 Å². The first kappa shape index (κ1) is 15.9. The van der Waals surface area contributed by atoms with Gasteiger partial charge in [-0.1, -0.05) is 35.5 Å². The summed E-state index contributed by atoms with van der Waals surface area (Å²) in [5.41, 5.74) is 2.43.